The molecule has 12 rings (SSSR count). The number of hydrazine groups is 1. The molecule has 11 atom stereocenters. The highest BCUT2D eigenvalue weighted by Crippen LogP contribution is 2.67. The molecule has 91 heavy (non-hydrogen) atoms. The van der Waals surface area contributed by atoms with Gasteiger partial charge in [0.25, 0.3) is 17.4 Å². The van der Waals surface area contributed by atoms with Gasteiger partial charge in [0.1, 0.15) is 29.9 Å². The SMILES string of the molecule is CC[C@]1(O)C[C@H]2CN(CCc3c([nH]c4ccccc34)[C@@](C(=O)OC)(c3cc4c(cc3OC)N(C)[C@H]3[C@@](O)(C(=O)NNC(=O)OCCSSC[C@H](NC(=O)c5ccc(NCc6cnc7nc(N)[nH]c(=O)c7n6)cc5)C(=O)O)[C@H](O)[C@]5(CC)C=CCN6CC[C@]43[C@@H]65)C2)C1. The molecule has 8 heterocycles. The van der Waals surface area contributed by atoms with Gasteiger partial charge in [0.15, 0.2) is 16.8 Å². The summed E-state index contributed by atoms with van der Waals surface area (Å²) < 4.78 is 17.8. The number of carboxylic acids is 1. The molecular weight excluding hydrogens is 1210 g/mol. The fourth-order valence-corrected chi connectivity index (χ4v) is 18.0. The molecule has 2 bridgehead atoms. The molecule has 26 nitrogen and oxygen atoms in total. The Labute approximate surface area is 531 Å². The summed E-state index contributed by atoms with van der Waals surface area (Å²) in [5.41, 5.74) is 8.10. The number of aliphatic hydroxyl groups is 3. The normalized spacial score (nSPS) is 28.3. The molecule has 6 aliphatic rings. The van der Waals surface area contributed by atoms with Crippen LogP contribution in [0.4, 0.5) is 22.1 Å². The maximum absolute atomic E-state index is 15.5. The molecule has 28 heteroatoms. The maximum Gasteiger partial charge on any atom is 0.426 e. The minimum absolute atomic E-state index is 0.0324. The van der Waals surface area contributed by atoms with Gasteiger partial charge in [-0.25, -0.2) is 25.0 Å². The Morgan fingerprint density at radius 2 is 1.74 bits per heavy atom. The average Bonchev–Trinajstić information content (AvgIpc) is 1.52. The van der Waals surface area contributed by atoms with Crippen molar-refractivity contribution in [1.29, 1.82) is 0 Å². The molecule has 3 aromatic carbocycles. The number of aliphatic hydroxyl groups excluding tert-OH is 1. The fourth-order valence-electron chi connectivity index (χ4n) is 16.0. The predicted octanol–water partition coefficient (Wildman–Crippen LogP) is 3.49. The van der Waals surface area contributed by atoms with Crippen LogP contribution in [0.2, 0.25) is 0 Å². The van der Waals surface area contributed by atoms with E-state index in [1.807, 2.05) is 61.2 Å². The van der Waals surface area contributed by atoms with Crippen LogP contribution in [0.25, 0.3) is 22.1 Å². The van der Waals surface area contributed by atoms with Gasteiger partial charge in [-0.15, -0.1) is 0 Å². The van der Waals surface area contributed by atoms with E-state index in [-0.39, 0.29) is 59.7 Å². The summed E-state index contributed by atoms with van der Waals surface area (Å²) >= 11 is 0. The Morgan fingerprint density at radius 1 is 0.945 bits per heavy atom. The quantitative estimate of drug-likeness (QED) is 0.0193. The summed E-state index contributed by atoms with van der Waals surface area (Å²) in [7, 11) is 7.03. The molecule has 1 aliphatic carbocycles. The number of nitrogen functional groups attached to an aromatic ring is 1. The van der Waals surface area contributed by atoms with Crippen LogP contribution in [0.3, 0.4) is 0 Å². The number of fused-ring (bicyclic) bond motifs is 7. The molecule has 0 radical (unpaired) electrons. The van der Waals surface area contributed by atoms with Gasteiger partial charge < -0.3 is 60.9 Å². The van der Waals surface area contributed by atoms with Crippen molar-refractivity contribution in [2.24, 2.45) is 11.3 Å². The first-order valence-electron chi connectivity index (χ1n) is 30.5. The molecule has 1 unspecified atom stereocenters. The number of benzene rings is 3. The van der Waals surface area contributed by atoms with Crippen molar-refractivity contribution in [3.8, 4) is 5.75 Å². The molecule has 6 aromatic rings. The van der Waals surface area contributed by atoms with Gasteiger partial charge in [-0.2, -0.15) is 4.98 Å². The Hall–Kier alpha value is -7.99. The van der Waals surface area contributed by atoms with Crippen molar-refractivity contribution < 1.29 is 58.6 Å². The van der Waals surface area contributed by atoms with E-state index in [0.29, 0.717) is 98.9 Å². The van der Waals surface area contributed by atoms with E-state index in [1.54, 1.807) is 26.3 Å². The minimum atomic E-state index is -2.62. The Bertz CT molecular complexity index is 3950. The molecule has 5 aliphatic heterocycles. The smallest absolute Gasteiger partial charge is 0.426 e. The van der Waals surface area contributed by atoms with Crippen LogP contribution in [0.15, 0.2) is 83.8 Å². The number of amides is 3. The third kappa shape index (κ3) is 10.7. The van der Waals surface area contributed by atoms with E-state index < -0.39 is 87.1 Å². The van der Waals surface area contributed by atoms with Crippen LogP contribution in [-0.2, 0) is 47.7 Å². The number of hydrogen-bond donors (Lipinski definition) is 11. The van der Waals surface area contributed by atoms with E-state index in [2.05, 4.69) is 62.3 Å². The number of aromatic nitrogens is 5. The first kappa shape index (κ1) is 63.2. The summed E-state index contributed by atoms with van der Waals surface area (Å²) in [5.74, 6) is -3.24. The fraction of sp³-hybridized carbons (Fsp3) is 0.476. The summed E-state index contributed by atoms with van der Waals surface area (Å²) in [5, 5.41) is 55.3. The molecule has 2 saturated heterocycles. The number of esters is 1. The zero-order valence-corrected chi connectivity index (χ0v) is 52.7. The van der Waals surface area contributed by atoms with Gasteiger partial charge in [-0.1, -0.05) is 65.8 Å². The van der Waals surface area contributed by atoms with E-state index in [0.717, 1.165) is 32.8 Å². The lowest BCUT2D eigenvalue weighted by Crippen LogP contribution is -2.82. The van der Waals surface area contributed by atoms with Gasteiger partial charge >= 0.3 is 18.0 Å². The number of ether oxygens (including phenoxy) is 3. The van der Waals surface area contributed by atoms with Crippen molar-refractivity contribution in [2.45, 2.75) is 105 Å². The van der Waals surface area contributed by atoms with Crippen molar-refractivity contribution in [1.82, 2.24) is 50.9 Å². The van der Waals surface area contributed by atoms with Crippen molar-refractivity contribution in [3.05, 3.63) is 123 Å². The van der Waals surface area contributed by atoms with Crippen LogP contribution >= 0.6 is 21.6 Å². The highest BCUT2D eigenvalue weighted by Gasteiger charge is 2.79. The molecule has 1 saturated carbocycles. The highest BCUT2D eigenvalue weighted by molar-refractivity contribution is 8.76. The van der Waals surface area contributed by atoms with E-state index >= 15 is 9.59 Å². The van der Waals surface area contributed by atoms with Gasteiger partial charge in [0.2, 0.25) is 5.95 Å². The third-order valence-electron chi connectivity index (χ3n) is 19.9. The number of carbonyl (C=O) groups is 5. The number of carboxylic acid groups (broad SMARTS) is 1. The topological polar surface area (TPSA) is 365 Å². The number of rotatable bonds is 18. The van der Waals surface area contributed by atoms with E-state index in [1.165, 1.54) is 36.2 Å². The number of hydrogen-bond acceptors (Lipinski definition) is 22. The number of anilines is 3. The second-order valence-electron chi connectivity index (χ2n) is 24.7. The first-order valence-corrected chi connectivity index (χ1v) is 32.9. The largest absolute Gasteiger partial charge is 0.496 e. The lowest BCUT2D eigenvalue weighted by molar-refractivity contribution is -0.204. The van der Waals surface area contributed by atoms with Crippen LogP contribution in [0, 0.1) is 11.3 Å². The summed E-state index contributed by atoms with van der Waals surface area (Å²) in [6, 6.07) is 15.3. The lowest BCUT2D eigenvalue weighted by atomic mass is 9.47. The number of nitrogens with zero attached hydrogens (tertiary/aromatic N) is 6. The van der Waals surface area contributed by atoms with Crippen molar-refractivity contribution in [3.63, 3.8) is 0 Å². The number of nitrogens with one attached hydrogen (secondary N) is 6. The summed E-state index contributed by atoms with van der Waals surface area (Å²) in [4.78, 5) is 107. The number of piperidine rings is 1. The van der Waals surface area contributed by atoms with Crippen LogP contribution < -0.4 is 42.4 Å². The second kappa shape index (κ2) is 24.6. The van der Waals surface area contributed by atoms with Crippen molar-refractivity contribution >= 4 is 90.8 Å². The molecular formula is C63H75N13O13S2. The number of aliphatic carboxylic acids is 1. The molecule has 482 valence electrons. The molecule has 3 amide bonds. The Morgan fingerprint density at radius 3 is 2.48 bits per heavy atom. The summed E-state index contributed by atoms with van der Waals surface area (Å²) in [6.45, 7) is 6.80. The highest BCUT2D eigenvalue weighted by atomic mass is 33.1. The Balaban J connectivity index is 0.743. The van der Waals surface area contributed by atoms with Gasteiger partial charge in [0.05, 0.1) is 44.3 Å². The monoisotopic (exact) mass is 1290 g/mol. The number of aromatic amines is 2. The maximum atomic E-state index is 15.5. The second-order valence-corrected chi connectivity index (χ2v) is 27.4. The number of carbonyl (C=O) groups excluding carboxylic acids is 4. The van der Waals surface area contributed by atoms with Gasteiger partial charge in [-0.3, -0.25) is 39.4 Å². The van der Waals surface area contributed by atoms with Gasteiger partial charge in [0, 0.05) is 107 Å². The third-order valence-corrected chi connectivity index (χ3v) is 22.3. The number of nitrogens with two attached hydrogens (primary N) is 1. The minimum Gasteiger partial charge on any atom is -0.496 e. The first-order chi connectivity index (χ1) is 43.7. The van der Waals surface area contributed by atoms with Gasteiger partial charge in [-0.05, 0) is 98.5 Å². The Kier molecular flexibility index (Phi) is 17.1. The standard InChI is InChI=1S/C63H75N13O13S2/c1-6-59(85)27-34-28-62(56(83)88-5,47-39(17-21-75(31-34)33-59)38-11-8-9-12-42(38)68-47)41-25-40-44(26-45(41)87-4)74(3)53-61(40)19-22-76-20-10-18-60(7-2,52(61)76)54(81)63(53,86)55(82)72-73-58(84)89-23-24-90-91-32-43(51(79)80)69-49(77)35-13-15-36(16-14-35)65-29-37-30-66-48-46(67-37)50(78)71-57(64)70-48/h8-16,18,25-26,30,34,43,52-54,65,68,81,85-86H,6-7,17,19-24,27-29,31-33H2,1-5H3,(H,69,77)(H,72,82)(H,73,84)(H,79,80)(H3,64,66,70,71,78)/t34-,43+,52+,53-,54-,59+,60-,61-,62+,63+/m1/s1. The van der Waals surface area contributed by atoms with Crippen LogP contribution in [0.5, 0.6) is 5.75 Å². The van der Waals surface area contributed by atoms with E-state index in [4.69, 9.17) is 19.9 Å². The van der Waals surface area contributed by atoms with E-state index in [9.17, 15) is 39.6 Å². The summed E-state index contributed by atoms with van der Waals surface area (Å²) in [6.07, 6.45) is 5.11. The number of H-pyrrole nitrogens is 2. The van der Waals surface area contributed by atoms with Crippen LogP contribution in [-0.4, -0.2) is 193 Å². The van der Waals surface area contributed by atoms with Crippen molar-refractivity contribution in [2.75, 3.05) is 88.1 Å². The number of methoxy groups -OCH3 is 2. The molecule has 3 aromatic heterocycles. The molecule has 3 fully saturated rings. The zero-order valence-electron chi connectivity index (χ0n) is 51.0. The van der Waals surface area contributed by atoms with Crippen LogP contribution in [0.1, 0.15) is 84.4 Å². The number of para-hydroxylation sites is 1. The lowest BCUT2D eigenvalue weighted by Gasteiger charge is -2.63. The number of likely N-dealkylation sites (N-methyl/N-ethyl adjacent to an activating group) is 1. The molecule has 12 N–H and O–H groups in total. The molecule has 1 spiro atoms. The predicted molar refractivity (Wildman–Crippen MR) is 341 cm³/mol. The average molecular weight is 1290 g/mol. The zero-order chi connectivity index (χ0) is 64.4.